The van der Waals surface area contributed by atoms with Gasteiger partial charge in [0.1, 0.15) is 5.92 Å². The lowest BCUT2D eigenvalue weighted by Crippen LogP contribution is -2.12. The summed E-state index contributed by atoms with van der Waals surface area (Å²) >= 11 is 0. The summed E-state index contributed by atoms with van der Waals surface area (Å²) in [5, 5.41) is 0. The Morgan fingerprint density at radius 3 is 2.67 bits per heavy atom. The highest BCUT2D eigenvalue weighted by molar-refractivity contribution is 5.77. The third-order valence-corrected chi connectivity index (χ3v) is 1.85. The molecule has 0 aromatic carbocycles. The fraction of sp³-hybridized carbons (Fsp3) is 0.875. The van der Waals surface area contributed by atoms with Gasteiger partial charge in [0.2, 0.25) is 0 Å². The number of unbranched alkanes of at least 4 members (excludes halogenated alkanes) is 1. The molecule has 1 rings (SSSR count). The second-order valence-electron chi connectivity index (χ2n) is 3.04. The molecular formula is C8H12F2O2. The second kappa shape index (κ2) is 3.37. The smallest absolute Gasteiger partial charge is 0.315 e. The van der Waals surface area contributed by atoms with E-state index in [-0.39, 0.29) is 13.0 Å². The molecule has 70 valence electrons. The highest BCUT2D eigenvalue weighted by Gasteiger charge is 2.62. The van der Waals surface area contributed by atoms with Gasteiger partial charge in [-0.3, -0.25) is 4.79 Å². The standard InChI is InChI=1S/C8H12F2O2/c1-2-3-4-12-7(11)6-5-8(6,9)10/h6H,2-5H2,1H3/t6-/m0/s1. The Bertz CT molecular complexity index is 180. The van der Waals surface area contributed by atoms with Crippen molar-refractivity contribution in [2.75, 3.05) is 6.61 Å². The summed E-state index contributed by atoms with van der Waals surface area (Å²) < 4.78 is 29.1. The molecule has 4 heteroatoms. The zero-order chi connectivity index (χ0) is 9.19. The number of halogens is 2. The molecule has 0 N–H and O–H groups in total. The molecule has 0 aliphatic heterocycles. The summed E-state index contributed by atoms with van der Waals surface area (Å²) in [6.07, 6.45) is 1.30. The van der Waals surface area contributed by atoms with Crippen molar-refractivity contribution in [1.82, 2.24) is 0 Å². The van der Waals surface area contributed by atoms with Gasteiger partial charge in [-0.25, -0.2) is 8.78 Å². The Labute approximate surface area is 69.9 Å². The van der Waals surface area contributed by atoms with Crippen LogP contribution >= 0.6 is 0 Å². The average molecular weight is 178 g/mol. The molecule has 0 bridgehead atoms. The molecule has 0 heterocycles. The van der Waals surface area contributed by atoms with Crippen LogP contribution in [0.1, 0.15) is 26.2 Å². The van der Waals surface area contributed by atoms with Crippen molar-refractivity contribution >= 4 is 5.97 Å². The first-order valence-corrected chi connectivity index (χ1v) is 4.12. The molecule has 12 heavy (non-hydrogen) atoms. The summed E-state index contributed by atoms with van der Waals surface area (Å²) in [7, 11) is 0. The minimum atomic E-state index is -2.79. The summed E-state index contributed by atoms with van der Waals surface area (Å²) in [4.78, 5) is 10.8. The number of ether oxygens (including phenoxy) is 1. The largest absolute Gasteiger partial charge is 0.465 e. The predicted octanol–water partition coefficient (Wildman–Crippen LogP) is 1.98. The first kappa shape index (κ1) is 9.42. The number of rotatable bonds is 4. The van der Waals surface area contributed by atoms with Crippen LogP contribution in [0.5, 0.6) is 0 Å². The quantitative estimate of drug-likeness (QED) is 0.486. The van der Waals surface area contributed by atoms with Gasteiger partial charge in [0.15, 0.2) is 0 Å². The first-order valence-electron chi connectivity index (χ1n) is 4.12. The zero-order valence-electron chi connectivity index (χ0n) is 6.98. The SMILES string of the molecule is CCCCOC(=O)[C@@H]1CC1(F)F. The van der Waals surface area contributed by atoms with E-state index < -0.39 is 17.8 Å². The number of carbonyl (C=O) groups excluding carboxylic acids is 1. The second-order valence-corrected chi connectivity index (χ2v) is 3.04. The Morgan fingerprint density at radius 1 is 1.67 bits per heavy atom. The van der Waals surface area contributed by atoms with Gasteiger partial charge >= 0.3 is 5.97 Å². The van der Waals surface area contributed by atoms with Gasteiger partial charge in [0, 0.05) is 6.42 Å². The Morgan fingerprint density at radius 2 is 2.25 bits per heavy atom. The van der Waals surface area contributed by atoms with Crippen molar-refractivity contribution in [2.45, 2.75) is 32.1 Å². The summed E-state index contributed by atoms with van der Waals surface area (Å²) in [6.45, 7) is 2.21. The number of hydrogen-bond donors (Lipinski definition) is 0. The molecule has 0 spiro atoms. The number of alkyl halides is 2. The van der Waals surface area contributed by atoms with E-state index in [4.69, 9.17) is 0 Å². The van der Waals surface area contributed by atoms with Crippen molar-refractivity contribution < 1.29 is 18.3 Å². The van der Waals surface area contributed by atoms with Crippen molar-refractivity contribution in [2.24, 2.45) is 5.92 Å². The fourth-order valence-electron chi connectivity index (χ4n) is 0.887. The maximum absolute atomic E-state index is 12.3. The van der Waals surface area contributed by atoms with E-state index in [0.29, 0.717) is 0 Å². The van der Waals surface area contributed by atoms with Crippen LogP contribution in [0.3, 0.4) is 0 Å². The highest BCUT2D eigenvalue weighted by atomic mass is 19.3. The molecule has 0 amide bonds. The Balaban J connectivity index is 2.14. The molecule has 0 aromatic heterocycles. The van der Waals surface area contributed by atoms with Crippen LogP contribution in [0.2, 0.25) is 0 Å². The van der Waals surface area contributed by atoms with Crippen LogP contribution in [0, 0.1) is 5.92 Å². The van der Waals surface area contributed by atoms with Crippen LogP contribution in [-0.4, -0.2) is 18.5 Å². The fourth-order valence-corrected chi connectivity index (χ4v) is 0.887. The van der Waals surface area contributed by atoms with Gasteiger partial charge in [-0.15, -0.1) is 0 Å². The van der Waals surface area contributed by atoms with E-state index in [9.17, 15) is 13.6 Å². The predicted molar refractivity (Wildman–Crippen MR) is 38.9 cm³/mol. The van der Waals surface area contributed by atoms with E-state index in [2.05, 4.69) is 4.74 Å². The normalized spacial score (nSPS) is 25.1. The van der Waals surface area contributed by atoms with E-state index >= 15 is 0 Å². The van der Waals surface area contributed by atoms with Crippen molar-refractivity contribution in [3.8, 4) is 0 Å². The van der Waals surface area contributed by atoms with Gasteiger partial charge < -0.3 is 4.74 Å². The lowest BCUT2D eigenvalue weighted by molar-refractivity contribution is -0.147. The monoisotopic (exact) mass is 178 g/mol. The van der Waals surface area contributed by atoms with Gasteiger partial charge in [-0.1, -0.05) is 13.3 Å². The van der Waals surface area contributed by atoms with Crippen molar-refractivity contribution in [3.05, 3.63) is 0 Å². The van der Waals surface area contributed by atoms with Crippen molar-refractivity contribution in [1.29, 1.82) is 0 Å². The molecule has 1 aliphatic carbocycles. The molecule has 0 unspecified atom stereocenters. The minimum absolute atomic E-state index is 0.266. The molecular weight excluding hydrogens is 166 g/mol. The third-order valence-electron chi connectivity index (χ3n) is 1.85. The summed E-state index contributed by atoms with van der Waals surface area (Å²) in [5.41, 5.74) is 0. The molecule has 0 saturated heterocycles. The Kier molecular flexibility index (Phi) is 2.65. The van der Waals surface area contributed by atoms with E-state index in [1.165, 1.54) is 0 Å². The van der Waals surface area contributed by atoms with Crippen LogP contribution in [0.15, 0.2) is 0 Å². The molecule has 1 saturated carbocycles. The van der Waals surface area contributed by atoms with E-state index in [1.807, 2.05) is 6.92 Å². The van der Waals surface area contributed by atoms with E-state index in [1.54, 1.807) is 0 Å². The van der Waals surface area contributed by atoms with Gasteiger partial charge in [0.05, 0.1) is 6.61 Å². The average Bonchev–Trinajstić information content (AvgIpc) is 2.60. The first-order chi connectivity index (χ1) is 5.58. The van der Waals surface area contributed by atoms with E-state index in [0.717, 1.165) is 12.8 Å². The van der Waals surface area contributed by atoms with Crippen molar-refractivity contribution in [3.63, 3.8) is 0 Å². The molecule has 0 aromatic rings. The number of hydrogen-bond acceptors (Lipinski definition) is 2. The molecule has 1 fully saturated rings. The van der Waals surface area contributed by atoms with Gasteiger partial charge in [-0.05, 0) is 6.42 Å². The third kappa shape index (κ3) is 2.16. The lowest BCUT2D eigenvalue weighted by atomic mass is 10.3. The Hall–Kier alpha value is -0.670. The summed E-state index contributed by atoms with van der Waals surface area (Å²) in [5.74, 6) is -4.69. The van der Waals surface area contributed by atoms with Crippen LogP contribution in [-0.2, 0) is 9.53 Å². The molecule has 1 aliphatic rings. The lowest BCUT2D eigenvalue weighted by Gasteiger charge is -2.01. The molecule has 2 nitrogen and oxygen atoms in total. The van der Waals surface area contributed by atoms with Crippen LogP contribution in [0.25, 0.3) is 0 Å². The number of esters is 1. The zero-order valence-corrected chi connectivity index (χ0v) is 6.98. The van der Waals surface area contributed by atoms with Crippen LogP contribution in [0.4, 0.5) is 8.78 Å². The molecule has 0 radical (unpaired) electrons. The minimum Gasteiger partial charge on any atom is -0.465 e. The van der Waals surface area contributed by atoms with Gasteiger partial charge in [-0.2, -0.15) is 0 Å². The van der Waals surface area contributed by atoms with Crippen LogP contribution < -0.4 is 0 Å². The maximum atomic E-state index is 12.3. The maximum Gasteiger partial charge on any atom is 0.315 e. The topological polar surface area (TPSA) is 26.3 Å². The number of carbonyl (C=O) groups is 1. The summed E-state index contributed by atoms with van der Waals surface area (Å²) in [6, 6.07) is 0. The highest BCUT2D eigenvalue weighted by Crippen LogP contribution is 2.49. The van der Waals surface area contributed by atoms with Gasteiger partial charge in [0.25, 0.3) is 5.92 Å². The molecule has 1 atom stereocenters.